The molecule has 10 heteroatoms. The molecule has 0 aliphatic carbocycles. The van der Waals surface area contributed by atoms with Gasteiger partial charge in [0.25, 0.3) is 0 Å². The van der Waals surface area contributed by atoms with Gasteiger partial charge in [-0.3, -0.25) is 14.5 Å². The lowest BCUT2D eigenvalue weighted by atomic mass is 10.0. The molecule has 0 unspecified atom stereocenters. The van der Waals surface area contributed by atoms with Gasteiger partial charge < -0.3 is 19.5 Å². The zero-order valence-electron chi connectivity index (χ0n) is 23.5. The number of rotatable bonds is 12. The fraction of sp³-hybridized carbons (Fsp3) is 0.333. The number of ether oxygens (including phenoxy) is 3. The van der Waals surface area contributed by atoms with Crippen molar-refractivity contribution in [2.24, 2.45) is 5.92 Å². The molecule has 4 aromatic rings. The Bertz CT molecular complexity index is 1470. The van der Waals surface area contributed by atoms with Crippen molar-refractivity contribution in [3.05, 3.63) is 72.3 Å². The van der Waals surface area contributed by atoms with Crippen LogP contribution in [0.2, 0.25) is 0 Å². The molecule has 10 nitrogen and oxygen atoms in total. The molecule has 2 amide bonds. The van der Waals surface area contributed by atoms with Crippen LogP contribution in [0.3, 0.4) is 0 Å². The molecule has 0 aliphatic heterocycles. The van der Waals surface area contributed by atoms with E-state index in [-0.39, 0.29) is 18.4 Å². The second kappa shape index (κ2) is 13.0. The number of carbonyl (C=O) groups excluding carboxylic acids is 2. The van der Waals surface area contributed by atoms with E-state index in [1.165, 1.54) is 16.7 Å². The van der Waals surface area contributed by atoms with E-state index in [9.17, 15) is 9.59 Å². The lowest BCUT2D eigenvalue weighted by Gasteiger charge is -2.32. The van der Waals surface area contributed by atoms with E-state index < -0.39 is 6.04 Å². The summed E-state index contributed by atoms with van der Waals surface area (Å²) in [6.07, 6.45) is 0.793. The van der Waals surface area contributed by atoms with Gasteiger partial charge in [0.15, 0.2) is 0 Å². The maximum absolute atomic E-state index is 14.3. The summed E-state index contributed by atoms with van der Waals surface area (Å²) >= 11 is 0. The van der Waals surface area contributed by atoms with Gasteiger partial charge in [0.05, 0.1) is 32.5 Å². The Labute approximate surface area is 233 Å². The fourth-order valence-electron chi connectivity index (χ4n) is 4.45. The Kier molecular flexibility index (Phi) is 9.21. The number of benzene rings is 3. The normalized spacial score (nSPS) is 11.8. The van der Waals surface area contributed by atoms with Gasteiger partial charge in [-0.2, -0.15) is 0 Å². The van der Waals surface area contributed by atoms with Crippen LogP contribution in [0.1, 0.15) is 31.9 Å². The number of nitrogens with zero attached hydrogens (tertiary/aromatic N) is 4. The molecule has 0 bridgehead atoms. The van der Waals surface area contributed by atoms with Crippen molar-refractivity contribution in [2.45, 2.75) is 32.9 Å². The molecule has 1 atom stereocenters. The van der Waals surface area contributed by atoms with E-state index in [0.717, 1.165) is 6.42 Å². The van der Waals surface area contributed by atoms with Crippen molar-refractivity contribution < 1.29 is 23.8 Å². The first kappa shape index (κ1) is 28.4. The minimum Gasteiger partial charge on any atom is -0.497 e. The molecule has 0 fully saturated rings. The molecular formula is C30H35N5O5. The minimum absolute atomic E-state index is 0.157. The summed E-state index contributed by atoms with van der Waals surface area (Å²) in [5.41, 5.74) is 2.36. The number of para-hydroxylation sites is 1. The van der Waals surface area contributed by atoms with E-state index in [1.807, 2.05) is 24.3 Å². The zero-order chi connectivity index (χ0) is 28.6. The van der Waals surface area contributed by atoms with Crippen LogP contribution in [0.4, 0.5) is 5.69 Å². The van der Waals surface area contributed by atoms with E-state index in [4.69, 9.17) is 14.2 Å². The van der Waals surface area contributed by atoms with Crippen LogP contribution in [-0.4, -0.2) is 54.7 Å². The monoisotopic (exact) mass is 545 g/mol. The van der Waals surface area contributed by atoms with Crippen molar-refractivity contribution in [3.8, 4) is 17.2 Å². The van der Waals surface area contributed by atoms with Gasteiger partial charge in [-0.1, -0.05) is 43.3 Å². The van der Waals surface area contributed by atoms with Crippen LogP contribution < -0.4 is 24.4 Å². The number of hydrogen-bond donors (Lipinski definition) is 1. The van der Waals surface area contributed by atoms with Crippen LogP contribution in [0, 0.1) is 5.92 Å². The number of amides is 2. The van der Waals surface area contributed by atoms with E-state index in [0.29, 0.717) is 52.0 Å². The van der Waals surface area contributed by atoms with Gasteiger partial charge in [-0.25, -0.2) is 4.68 Å². The molecule has 4 rings (SSSR count). The number of nitrogens with one attached hydrogen (secondary N) is 1. The molecule has 0 aliphatic rings. The predicted octanol–water partition coefficient (Wildman–Crippen LogP) is 4.39. The largest absolute Gasteiger partial charge is 0.497 e. The molecule has 0 radical (unpaired) electrons. The third-order valence-corrected chi connectivity index (χ3v) is 6.56. The molecule has 210 valence electrons. The Hall–Kier alpha value is -4.60. The van der Waals surface area contributed by atoms with Crippen molar-refractivity contribution in [3.63, 3.8) is 0 Å². The zero-order valence-corrected chi connectivity index (χ0v) is 23.5. The van der Waals surface area contributed by atoms with E-state index >= 15 is 0 Å². The average molecular weight is 546 g/mol. The minimum atomic E-state index is -1.04. The van der Waals surface area contributed by atoms with Gasteiger partial charge in [0.2, 0.25) is 11.8 Å². The third-order valence-electron chi connectivity index (χ3n) is 6.56. The molecule has 40 heavy (non-hydrogen) atoms. The highest BCUT2D eigenvalue weighted by Gasteiger charge is 2.35. The van der Waals surface area contributed by atoms with Crippen molar-refractivity contribution in [1.29, 1.82) is 0 Å². The van der Waals surface area contributed by atoms with E-state index in [1.54, 1.807) is 56.7 Å². The smallest absolute Gasteiger partial charge is 0.249 e. The van der Waals surface area contributed by atoms with Gasteiger partial charge in [0.1, 0.15) is 35.4 Å². The summed E-state index contributed by atoms with van der Waals surface area (Å²) in [6, 6.07) is 18.6. The van der Waals surface area contributed by atoms with Crippen molar-refractivity contribution in [2.75, 3.05) is 32.8 Å². The summed E-state index contributed by atoms with van der Waals surface area (Å²) in [5.74, 6) is 1.17. The Morgan fingerprint density at radius 3 is 2.40 bits per heavy atom. The second-order valence-electron chi connectivity index (χ2n) is 9.69. The maximum Gasteiger partial charge on any atom is 0.249 e. The lowest BCUT2D eigenvalue weighted by Crippen LogP contribution is -2.45. The SMILES string of the molecule is COc1cccc([C@@H](C(=O)NCCC(C)C)N(C(=O)Cn2nnc3ccccc32)c2ccc(OC)cc2OC)c1. The first-order valence-corrected chi connectivity index (χ1v) is 13.1. The Morgan fingerprint density at radius 2 is 1.68 bits per heavy atom. The highest BCUT2D eigenvalue weighted by molar-refractivity contribution is 6.02. The summed E-state index contributed by atoms with van der Waals surface area (Å²) in [5, 5.41) is 11.4. The van der Waals surface area contributed by atoms with E-state index in [2.05, 4.69) is 29.5 Å². The summed E-state index contributed by atoms with van der Waals surface area (Å²) in [6.45, 7) is 4.49. The molecule has 0 saturated carbocycles. The number of fused-ring (bicyclic) bond motifs is 1. The quantitative estimate of drug-likeness (QED) is 0.281. The molecule has 1 heterocycles. The average Bonchev–Trinajstić information content (AvgIpc) is 3.37. The van der Waals surface area contributed by atoms with Crippen LogP contribution >= 0.6 is 0 Å². The fourth-order valence-corrected chi connectivity index (χ4v) is 4.45. The first-order chi connectivity index (χ1) is 19.4. The van der Waals surface area contributed by atoms with Gasteiger partial charge in [-0.15, -0.1) is 5.10 Å². The molecule has 1 aromatic heterocycles. The summed E-state index contributed by atoms with van der Waals surface area (Å²) < 4.78 is 18.0. The highest BCUT2D eigenvalue weighted by Crippen LogP contribution is 2.38. The van der Waals surface area contributed by atoms with Gasteiger partial charge in [-0.05, 0) is 54.3 Å². The van der Waals surface area contributed by atoms with Crippen molar-refractivity contribution >= 4 is 28.5 Å². The lowest BCUT2D eigenvalue weighted by molar-refractivity contribution is -0.127. The standard InChI is InChI=1S/C30H35N5O5/c1-20(2)15-16-31-30(37)29(21-9-8-10-22(17-21)38-3)35(26-14-13-23(39-4)18-27(26)40-5)28(36)19-34-25-12-7-6-11-24(25)32-33-34/h6-14,17-18,20,29H,15-16,19H2,1-5H3,(H,31,37)/t29-/m0/s1. The van der Waals surface area contributed by atoms with Crippen LogP contribution in [0.5, 0.6) is 17.2 Å². The van der Waals surface area contributed by atoms with Gasteiger partial charge >= 0.3 is 0 Å². The van der Waals surface area contributed by atoms with Crippen LogP contribution in [0.15, 0.2) is 66.7 Å². The predicted molar refractivity (Wildman–Crippen MR) is 153 cm³/mol. The molecule has 1 N–H and O–H groups in total. The summed E-state index contributed by atoms with van der Waals surface area (Å²) in [7, 11) is 4.62. The third kappa shape index (κ3) is 6.33. The Balaban J connectivity index is 1.85. The number of carbonyl (C=O) groups is 2. The van der Waals surface area contributed by atoms with Gasteiger partial charge in [0, 0.05) is 12.6 Å². The number of anilines is 1. The molecular weight excluding hydrogens is 510 g/mol. The maximum atomic E-state index is 14.3. The van der Waals surface area contributed by atoms with Crippen LogP contribution in [-0.2, 0) is 16.1 Å². The summed E-state index contributed by atoms with van der Waals surface area (Å²) in [4.78, 5) is 29.7. The highest BCUT2D eigenvalue weighted by atomic mass is 16.5. The second-order valence-corrected chi connectivity index (χ2v) is 9.69. The molecule has 3 aromatic carbocycles. The molecule has 0 spiro atoms. The number of hydrogen-bond acceptors (Lipinski definition) is 7. The topological polar surface area (TPSA) is 108 Å². The number of methoxy groups -OCH3 is 3. The first-order valence-electron chi connectivity index (χ1n) is 13.1. The Morgan fingerprint density at radius 1 is 0.925 bits per heavy atom. The van der Waals surface area contributed by atoms with Crippen LogP contribution in [0.25, 0.3) is 11.0 Å². The number of aromatic nitrogens is 3. The van der Waals surface area contributed by atoms with Crippen molar-refractivity contribution in [1.82, 2.24) is 20.3 Å². The molecule has 0 saturated heterocycles.